The van der Waals surface area contributed by atoms with Crippen molar-refractivity contribution in [2.45, 2.75) is 26.8 Å². The molecule has 5 heteroatoms. The van der Waals surface area contributed by atoms with Crippen LogP contribution in [-0.4, -0.2) is 29.5 Å². The molecule has 0 saturated heterocycles. The second-order valence-corrected chi connectivity index (χ2v) is 8.69. The van der Waals surface area contributed by atoms with Crippen molar-refractivity contribution in [2.75, 3.05) is 20.6 Å². The lowest BCUT2D eigenvalue weighted by Crippen LogP contribution is -2.15. The van der Waals surface area contributed by atoms with Gasteiger partial charge in [-0.3, -0.25) is 4.72 Å². The molecular formula is C22H28FN3S. The first-order chi connectivity index (χ1) is 12.9. The highest BCUT2D eigenvalue weighted by molar-refractivity contribution is 7.95. The van der Waals surface area contributed by atoms with Crippen LogP contribution in [0.2, 0.25) is 0 Å². The number of nitrogens with zero attached hydrogens (tertiary/aromatic N) is 2. The summed E-state index contributed by atoms with van der Waals surface area (Å²) in [5.41, 5.74) is 4.78. The van der Waals surface area contributed by atoms with Crippen molar-refractivity contribution in [2.24, 2.45) is 5.92 Å². The standard InChI is InChI=1S/C22H28FN3S/c1-16(2)14-26-15-19(11-12-24-27-25(3)4)21-10-7-18(13-22(21)26)17-5-8-20(23)9-6-17/h5-10,13,15-16,24H,11-12,14H2,1-4H3. The fourth-order valence-electron chi connectivity index (χ4n) is 3.29. The Bertz CT molecular complexity index is 884. The SMILES string of the molecule is CC(C)Cn1cc(CCNSN(C)C)c2ccc(-c3ccc(F)cc3)cc21. The molecule has 0 fully saturated rings. The van der Waals surface area contributed by atoms with Crippen molar-refractivity contribution < 1.29 is 4.39 Å². The fourth-order valence-corrected chi connectivity index (χ4v) is 3.75. The molecule has 0 spiro atoms. The highest BCUT2D eigenvalue weighted by atomic mass is 32.2. The van der Waals surface area contributed by atoms with E-state index in [9.17, 15) is 4.39 Å². The summed E-state index contributed by atoms with van der Waals surface area (Å²) in [6, 6.07) is 13.3. The van der Waals surface area contributed by atoms with Crippen LogP contribution in [0.4, 0.5) is 4.39 Å². The van der Waals surface area contributed by atoms with E-state index in [1.54, 1.807) is 12.1 Å². The minimum Gasteiger partial charge on any atom is -0.347 e. The second kappa shape index (κ2) is 8.91. The zero-order chi connectivity index (χ0) is 19.4. The third kappa shape index (κ3) is 5.12. The fraction of sp³-hybridized carbons (Fsp3) is 0.364. The summed E-state index contributed by atoms with van der Waals surface area (Å²) in [7, 11) is 4.06. The molecule has 0 radical (unpaired) electrons. The number of aromatic nitrogens is 1. The zero-order valence-electron chi connectivity index (χ0n) is 16.5. The maximum atomic E-state index is 13.2. The summed E-state index contributed by atoms with van der Waals surface area (Å²) < 4.78 is 21.1. The quantitative estimate of drug-likeness (QED) is 0.416. The Labute approximate surface area is 165 Å². The molecule has 1 N–H and O–H groups in total. The minimum atomic E-state index is -0.201. The minimum absolute atomic E-state index is 0.201. The van der Waals surface area contributed by atoms with E-state index in [2.05, 4.69) is 51.8 Å². The number of hydrogen-bond donors (Lipinski definition) is 1. The van der Waals surface area contributed by atoms with E-state index in [4.69, 9.17) is 0 Å². The van der Waals surface area contributed by atoms with E-state index in [1.165, 1.54) is 28.6 Å². The normalized spacial score (nSPS) is 11.8. The van der Waals surface area contributed by atoms with Gasteiger partial charge in [-0.15, -0.1) is 0 Å². The summed E-state index contributed by atoms with van der Waals surface area (Å²) in [4.78, 5) is 0. The Morgan fingerprint density at radius 2 is 1.78 bits per heavy atom. The van der Waals surface area contributed by atoms with Gasteiger partial charge >= 0.3 is 0 Å². The van der Waals surface area contributed by atoms with Gasteiger partial charge in [-0.2, -0.15) is 0 Å². The number of rotatable bonds is 8. The van der Waals surface area contributed by atoms with E-state index >= 15 is 0 Å². The summed E-state index contributed by atoms with van der Waals surface area (Å²) in [6.45, 7) is 6.39. The van der Waals surface area contributed by atoms with Crippen molar-refractivity contribution in [3.05, 3.63) is 60.0 Å². The molecule has 0 bridgehead atoms. The third-order valence-electron chi connectivity index (χ3n) is 4.45. The average Bonchev–Trinajstić information content (AvgIpc) is 2.95. The Morgan fingerprint density at radius 3 is 2.44 bits per heavy atom. The molecule has 0 unspecified atom stereocenters. The molecule has 0 amide bonds. The lowest BCUT2D eigenvalue weighted by atomic mass is 10.0. The Hall–Kier alpha value is -1.82. The number of benzene rings is 2. The first kappa shape index (κ1) is 19.9. The highest BCUT2D eigenvalue weighted by Crippen LogP contribution is 2.29. The lowest BCUT2D eigenvalue weighted by molar-refractivity contribution is 0.534. The van der Waals surface area contributed by atoms with E-state index < -0.39 is 0 Å². The van der Waals surface area contributed by atoms with Crippen LogP contribution in [0.1, 0.15) is 19.4 Å². The van der Waals surface area contributed by atoms with Crippen LogP contribution in [0.25, 0.3) is 22.0 Å². The lowest BCUT2D eigenvalue weighted by Gasteiger charge is -2.09. The van der Waals surface area contributed by atoms with Crippen molar-refractivity contribution in [1.82, 2.24) is 13.6 Å². The van der Waals surface area contributed by atoms with E-state index in [1.807, 2.05) is 26.2 Å². The summed E-state index contributed by atoms with van der Waals surface area (Å²) in [6.07, 6.45) is 3.28. The van der Waals surface area contributed by atoms with Gasteiger partial charge in [-0.25, -0.2) is 8.70 Å². The molecule has 3 nitrogen and oxygen atoms in total. The van der Waals surface area contributed by atoms with Gasteiger partial charge in [-0.05, 0) is 61.3 Å². The topological polar surface area (TPSA) is 20.2 Å². The monoisotopic (exact) mass is 385 g/mol. The summed E-state index contributed by atoms with van der Waals surface area (Å²) in [5, 5.41) is 1.30. The van der Waals surface area contributed by atoms with Crippen LogP contribution in [-0.2, 0) is 13.0 Å². The predicted octanol–water partition coefficient (Wildman–Crippen LogP) is 5.36. The first-order valence-electron chi connectivity index (χ1n) is 9.39. The highest BCUT2D eigenvalue weighted by Gasteiger charge is 2.11. The Morgan fingerprint density at radius 1 is 1.07 bits per heavy atom. The molecule has 0 aliphatic carbocycles. The van der Waals surface area contributed by atoms with Crippen LogP contribution < -0.4 is 4.72 Å². The number of nitrogens with one attached hydrogen (secondary N) is 1. The molecule has 3 rings (SSSR count). The molecule has 144 valence electrons. The molecule has 1 heterocycles. The smallest absolute Gasteiger partial charge is 0.123 e. The zero-order valence-corrected chi connectivity index (χ0v) is 17.3. The van der Waals surface area contributed by atoms with Crippen molar-refractivity contribution >= 4 is 23.0 Å². The summed E-state index contributed by atoms with van der Waals surface area (Å²) >= 11 is 1.62. The van der Waals surface area contributed by atoms with Crippen LogP contribution in [0, 0.1) is 11.7 Å². The molecular weight excluding hydrogens is 357 g/mol. The molecule has 1 aromatic heterocycles. The Balaban J connectivity index is 1.91. The van der Waals surface area contributed by atoms with Gasteiger partial charge < -0.3 is 4.57 Å². The summed E-state index contributed by atoms with van der Waals surface area (Å²) in [5.74, 6) is 0.374. The van der Waals surface area contributed by atoms with Crippen molar-refractivity contribution in [3.63, 3.8) is 0 Å². The van der Waals surface area contributed by atoms with E-state index in [0.717, 1.165) is 30.6 Å². The van der Waals surface area contributed by atoms with Gasteiger partial charge in [0.25, 0.3) is 0 Å². The molecule has 0 atom stereocenters. The van der Waals surface area contributed by atoms with Gasteiger partial charge in [0.05, 0.1) is 0 Å². The molecule has 0 aliphatic rings. The van der Waals surface area contributed by atoms with Gasteiger partial charge in [-0.1, -0.05) is 38.1 Å². The largest absolute Gasteiger partial charge is 0.347 e. The van der Waals surface area contributed by atoms with Crippen molar-refractivity contribution in [1.29, 1.82) is 0 Å². The molecule has 0 aliphatic heterocycles. The van der Waals surface area contributed by atoms with Crippen LogP contribution >= 0.6 is 12.1 Å². The molecule has 2 aromatic carbocycles. The second-order valence-electron chi connectivity index (χ2n) is 7.49. The molecule has 0 saturated carbocycles. The maximum Gasteiger partial charge on any atom is 0.123 e. The van der Waals surface area contributed by atoms with Crippen LogP contribution in [0.3, 0.4) is 0 Å². The van der Waals surface area contributed by atoms with Gasteiger partial charge in [0.2, 0.25) is 0 Å². The molecule has 27 heavy (non-hydrogen) atoms. The van der Waals surface area contributed by atoms with Gasteiger partial charge in [0.15, 0.2) is 0 Å². The number of hydrogen-bond acceptors (Lipinski definition) is 3. The van der Waals surface area contributed by atoms with E-state index in [0.29, 0.717) is 5.92 Å². The van der Waals surface area contributed by atoms with Gasteiger partial charge in [0.1, 0.15) is 5.82 Å². The number of halogens is 1. The average molecular weight is 386 g/mol. The maximum absolute atomic E-state index is 13.2. The van der Waals surface area contributed by atoms with Gasteiger partial charge in [0, 0.05) is 42.3 Å². The first-order valence-corrected chi connectivity index (χ1v) is 10.2. The van der Waals surface area contributed by atoms with E-state index in [-0.39, 0.29) is 5.82 Å². The van der Waals surface area contributed by atoms with Crippen molar-refractivity contribution in [3.8, 4) is 11.1 Å². The van der Waals surface area contributed by atoms with Crippen LogP contribution in [0.15, 0.2) is 48.7 Å². The predicted molar refractivity (Wildman–Crippen MR) is 115 cm³/mol. The van der Waals surface area contributed by atoms with Crippen LogP contribution in [0.5, 0.6) is 0 Å². The number of fused-ring (bicyclic) bond motifs is 1. The Kier molecular flexibility index (Phi) is 6.58. The molecule has 3 aromatic rings. The third-order valence-corrected chi connectivity index (χ3v) is 5.15.